The minimum absolute atomic E-state index is 0.0811. The van der Waals surface area contributed by atoms with E-state index in [4.69, 9.17) is 11.6 Å². The molecule has 0 bridgehead atoms. The van der Waals surface area contributed by atoms with Gasteiger partial charge in [0.25, 0.3) is 5.91 Å². The highest BCUT2D eigenvalue weighted by atomic mass is 35.5. The lowest BCUT2D eigenvalue weighted by molar-refractivity contribution is -0.116. The number of rotatable bonds is 8. The van der Waals surface area contributed by atoms with Gasteiger partial charge in [0.15, 0.2) is 0 Å². The number of amides is 2. The van der Waals surface area contributed by atoms with Crippen LogP contribution in [0.2, 0.25) is 5.02 Å². The number of anilines is 2. The van der Waals surface area contributed by atoms with Gasteiger partial charge in [0.1, 0.15) is 5.75 Å². The van der Waals surface area contributed by atoms with Gasteiger partial charge in [-0.1, -0.05) is 47.5 Å². The Morgan fingerprint density at radius 2 is 1.62 bits per heavy atom. The van der Waals surface area contributed by atoms with Crippen molar-refractivity contribution in [3.05, 3.63) is 82.9 Å². The first kappa shape index (κ1) is 25.2. The number of carbonyl (C=O) groups is 2. The van der Waals surface area contributed by atoms with Crippen molar-refractivity contribution in [1.29, 1.82) is 0 Å². The molecule has 3 rings (SSSR count). The number of sulfonamides is 1. The fraction of sp³-hybridized carbons (Fsp3) is 0.167. The summed E-state index contributed by atoms with van der Waals surface area (Å²) in [6, 6.07) is 16.6. The van der Waals surface area contributed by atoms with Gasteiger partial charge in [-0.3, -0.25) is 9.59 Å². The Hall–Kier alpha value is -3.40. The molecule has 4 N–H and O–H groups in total. The third-order valence-electron chi connectivity index (χ3n) is 4.82. The van der Waals surface area contributed by atoms with Crippen LogP contribution in [0.5, 0.6) is 5.75 Å². The molecule has 178 valence electrons. The number of benzene rings is 3. The van der Waals surface area contributed by atoms with Gasteiger partial charge in [-0.25, -0.2) is 13.1 Å². The lowest BCUT2D eigenvalue weighted by Gasteiger charge is -2.15. The van der Waals surface area contributed by atoms with E-state index in [1.807, 2.05) is 6.92 Å². The lowest BCUT2D eigenvalue weighted by atomic mass is 10.1. The van der Waals surface area contributed by atoms with Crippen LogP contribution in [0.25, 0.3) is 0 Å². The number of phenols is 1. The fourth-order valence-electron chi connectivity index (χ4n) is 3.11. The number of carbonyl (C=O) groups excluding carboxylic acids is 2. The molecule has 0 radical (unpaired) electrons. The summed E-state index contributed by atoms with van der Waals surface area (Å²) in [5, 5.41) is 15.5. The number of hydrogen-bond donors (Lipinski definition) is 4. The summed E-state index contributed by atoms with van der Waals surface area (Å²) in [6.45, 7) is 3.46. The van der Waals surface area contributed by atoms with Crippen molar-refractivity contribution < 1.29 is 23.1 Å². The van der Waals surface area contributed by atoms with E-state index in [0.717, 1.165) is 5.56 Å². The third-order valence-corrected chi connectivity index (χ3v) is 6.74. The molecule has 0 saturated heterocycles. The normalized spacial score (nSPS) is 12.1. The van der Waals surface area contributed by atoms with Gasteiger partial charge in [0.2, 0.25) is 15.9 Å². The molecule has 8 nitrogen and oxygen atoms in total. The number of halogens is 1. The van der Waals surface area contributed by atoms with Crippen LogP contribution in [-0.2, 0) is 14.8 Å². The zero-order chi connectivity index (χ0) is 24.9. The Morgan fingerprint density at radius 3 is 2.26 bits per heavy atom. The number of nitrogens with one attached hydrogen (secondary N) is 3. The van der Waals surface area contributed by atoms with Crippen LogP contribution >= 0.6 is 11.6 Å². The SMILES string of the molecule is Cc1ccc(C(=O)Nc2cc(Cl)c(NC(=O)CC(C)NS(=O)(=O)c3ccccc3)cc2O)cc1. The zero-order valence-corrected chi connectivity index (χ0v) is 20.1. The molecule has 10 heteroatoms. The van der Waals surface area contributed by atoms with Gasteiger partial charge in [0.05, 0.1) is 21.3 Å². The highest BCUT2D eigenvalue weighted by molar-refractivity contribution is 7.89. The molecule has 1 unspecified atom stereocenters. The summed E-state index contributed by atoms with van der Waals surface area (Å²) in [4.78, 5) is 24.9. The van der Waals surface area contributed by atoms with E-state index >= 15 is 0 Å². The molecule has 0 heterocycles. The van der Waals surface area contributed by atoms with Crippen LogP contribution in [0.15, 0.2) is 71.6 Å². The van der Waals surface area contributed by atoms with Crippen LogP contribution in [0.1, 0.15) is 29.3 Å². The van der Waals surface area contributed by atoms with Crippen LogP contribution in [-0.4, -0.2) is 31.4 Å². The summed E-state index contributed by atoms with van der Waals surface area (Å²) < 4.78 is 27.2. The minimum Gasteiger partial charge on any atom is -0.506 e. The predicted molar refractivity (Wildman–Crippen MR) is 132 cm³/mol. The van der Waals surface area contributed by atoms with E-state index in [0.29, 0.717) is 5.56 Å². The van der Waals surface area contributed by atoms with E-state index in [-0.39, 0.29) is 33.5 Å². The van der Waals surface area contributed by atoms with E-state index in [2.05, 4.69) is 15.4 Å². The third kappa shape index (κ3) is 6.57. The molecule has 2 amide bonds. The van der Waals surface area contributed by atoms with E-state index < -0.39 is 27.9 Å². The number of phenolic OH excluding ortho intramolecular Hbond substituents is 1. The van der Waals surface area contributed by atoms with Gasteiger partial charge in [-0.05, 0) is 44.2 Å². The predicted octanol–water partition coefficient (Wildman–Crippen LogP) is 4.30. The lowest BCUT2D eigenvalue weighted by Crippen LogP contribution is -2.35. The maximum absolute atomic E-state index is 12.4. The van der Waals surface area contributed by atoms with Crippen molar-refractivity contribution in [2.75, 3.05) is 10.6 Å². The van der Waals surface area contributed by atoms with Gasteiger partial charge in [0, 0.05) is 24.1 Å². The molecule has 3 aromatic carbocycles. The average Bonchev–Trinajstić information content (AvgIpc) is 2.77. The molecular weight excluding hydrogens is 478 g/mol. The van der Waals surface area contributed by atoms with Crippen LogP contribution in [0, 0.1) is 6.92 Å². The maximum Gasteiger partial charge on any atom is 0.255 e. The fourth-order valence-corrected chi connectivity index (χ4v) is 4.59. The van der Waals surface area contributed by atoms with Crippen molar-refractivity contribution in [2.45, 2.75) is 31.2 Å². The maximum atomic E-state index is 12.4. The highest BCUT2D eigenvalue weighted by Gasteiger charge is 2.20. The average molecular weight is 502 g/mol. The molecule has 1 atom stereocenters. The second kappa shape index (κ2) is 10.7. The zero-order valence-electron chi connectivity index (χ0n) is 18.5. The monoisotopic (exact) mass is 501 g/mol. The first-order valence-corrected chi connectivity index (χ1v) is 12.2. The number of aromatic hydroxyl groups is 1. The Labute approximate surface area is 203 Å². The van der Waals surface area contributed by atoms with Crippen molar-refractivity contribution in [3.8, 4) is 5.75 Å². The molecule has 3 aromatic rings. The van der Waals surface area contributed by atoms with Crippen molar-refractivity contribution in [2.24, 2.45) is 0 Å². The van der Waals surface area contributed by atoms with Crippen LogP contribution in [0.4, 0.5) is 11.4 Å². The van der Waals surface area contributed by atoms with Gasteiger partial charge >= 0.3 is 0 Å². The van der Waals surface area contributed by atoms with E-state index in [1.165, 1.54) is 24.3 Å². The summed E-state index contributed by atoms with van der Waals surface area (Å²) in [5.74, 6) is -1.23. The second-order valence-electron chi connectivity index (χ2n) is 7.76. The highest BCUT2D eigenvalue weighted by Crippen LogP contribution is 2.34. The Bertz CT molecular complexity index is 1300. The van der Waals surface area contributed by atoms with E-state index in [9.17, 15) is 23.1 Å². The molecule has 0 spiro atoms. The molecule has 34 heavy (non-hydrogen) atoms. The molecule has 0 aliphatic heterocycles. The summed E-state index contributed by atoms with van der Waals surface area (Å²) in [6.07, 6.45) is -0.172. The second-order valence-corrected chi connectivity index (χ2v) is 9.88. The molecule has 0 aromatic heterocycles. The number of aryl methyl sites for hydroxylation is 1. The Balaban J connectivity index is 1.63. The quantitative estimate of drug-likeness (QED) is 0.342. The molecule has 0 fully saturated rings. The molecule has 0 aliphatic rings. The summed E-state index contributed by atoms with van der Waals surface area (Å²) in [7, 11) is -3.77. The van der Waals surface area contributed by atoms with Crippen LogP contribution in [0.3, 0.4) is 0 Å². The Morgan fingerprint density at radius 1 is 0.971 bits per heavy atom. The minimum atomic E-state index is -3.77. The first-order chi connectivity index (χ1) is 16.0. The van der Waals surface area contributed by atoms with Gasteiger partial charge < -0.3 is 15.7 Å². The van der Waals surface area contributed by atoms with Crippen molar-refractivity contribution in [3.63, 3.8) is 0 Å². The van der Waals surface area contributed by atoms with Crippen molar-refractivity contribution in [1.82, 2.24) is 4.72 Å². The van der Waals surface area contributed by atoms with E-state index in [1.54, 1.807) is 49.4 Å². The van der Waals surface area contributed by atoms with Crippen molar-refractivity contribution >= 4 is 44.8 Å². The smallest absolute Gasteiger partial charge is 0.255 e. The van der Waals surface area contributed by atoms with Gasteiger partial charge in [-0.2, -0.15) is 0 Å². The Kier molecular flexibility index (Phi) is 7.93. The standard InChI is InChI=1S/C24H24ClN3O5S/c1-15-8-10-17(11-9-15)24(31)27-21-13-19(25)20(14-22(21)29)26-23(30)12-16(2)28-34(32,33)18-6-4-3-5-7-18/h3-11,13-14,16,28-29H,12H2,1-2H3,(H,26,30)(H,27,31). The van der Waals surface area contributed by atoms with Gasteiger partial charge in [-0.15, -0.1) is 0 Å². The summed E-state index contributed by atoms with van der Waals surface area (Å²) >= 11 is 6.23. The topological polar surface area (TPSA) is 125 Å². The molecule has 0 aliphatic carbocycles. The number of hydrogen-bond acceptors (Lipinski definition) is 5. The summed E-state index contributed by atoms with van der Waals surface area (Å²) in [5.41, 5.74) is 1.61. The first-order valence-electron chi connectivity index (χ1n) is 10.3. The molecule has 0 saturated carbocycles. The molecular formula is C24H24ClN3O5S. The largest absolute Gasteiger partial charge is 0.506 e. The van der Waals surface area contributed by atoms with Crippen LogP contribution < -0.4 is 15.4 Å².